The zero-order valence-corrected chi connectivity index (χ0v) is 11.2. The first-order chi connectivity index (χ1) is 9.22. The largest absolute Gasteiger partial charge is 0.488 e. The fourth-order valence-corrected chi connectivity index (χ4v) is 2.58. The Morgan fingerprint density at radius 2 is 1.89 bits per heavy atom. The molecule has 2 N–H and O–H groups in total. The molecule has 0 fully saturated rings. The zero-order chi connectivity index (χ0) is 13.2. The predicted molar refractivity (Wildman–Crippen MR) is 77.4 cm³/mol. The minimum Gasteiger partial charge on any atom is -0.488 e. The van der Waals surface area contributed by atoms with E-state index in [9.17, 15) is 0 Å². The van der Waals surface area contributed by atoms with Crippen LogP contribution >= 0.6 is 0 Å². The lowest BCUT2D eigenvalue weighted by atomic mass is 9.98. The van der Waals surface area contributed by atoms with Gasteiger partial charge in [0.15, 0.2) is 0 Å². The molecule has 0 aliphatic carbocycles. The third kappa shape index (κ3) is 2.64. The molecule has 0 amide bonds. The lowest BCUT2D eigenvalue weighted by molar-refractivity contribution is 0.198. The third-order valence-electron chi connectivity index (χ3n) is 3.74. The Kier molecular flexibility index (Phi) is 3.26. The van der Waals surface area contributed by atoms with E-state index < -0.39 is 0 Å². The van der Waals surface area contributed by atoms with Crippen molar-refractivity contribution in [2.24, 2.45) is 5.73 Å². The van der Waals surface area contributed by atoms with Crippen LogP contribution in [0.2, 0.25) is 0 Å². The SMILES string of the molecule is Cc1ccc(CC(N)C2Cc3ccccc3O2)cc1. The van der Waals surface area contributed by atoms with Crippen molar-refractivity contribution >= 4 is 0 Å². The molecule has 2 atom stereocenters. The molecule has 0 spiro atoms. The fourth-order valence-electron chi connectivity index (χ4n) is 2.58. The van der Waals surface area contributed by atoms with E-state index >= 15 is 0 Å². The van der Waals surface area contributed by atoms with E-state index in [4.69, 9.17) is 10.5 Å². The summed E-state index contributed by atoms with van der Waals surface area (Å²) in [6.07, 6.45) is 1.88. The van der Waals surface area contributed by atoms with Crippen molar-refractivity contribution in [2.75, 3.05) is 0 Å². The number of hydrogen-bond donors (Lipinski definition) is 1. The van der Waals surface area contributed by atoms with Crippen molar-refractivity contribution in [3.8, 4) is 5.75 Å². The van der Waals surface area contributed by atoms with Gasteiger partial charge in [-0.15, -0.1) is 0 Å². The summed E-state index contributed by atoms with van der Waals surface area (Å²) in [5.41, 5.74) is 10.1. The van der Waals surface area contributed by atoms with Crippen LogP contribution in [0.4, 0.5) is 0 Å². The van der Waals surface area contributed by atoms with Crippen LogP contribution in [-0.2, 0) is 12.8 Å². The lowest BCUT2D eigenvalue weighted by Crippen LogP contribution is -2.39. The van der Waals surface area contributed by atoms with Gasteiger partial charge in [0.2, 0.25) is 0 Å². The molecular formula is C17H19NO. The average Bonchev–Trinajstić information content (AvgIpc) is 2.85. The fraction of sp³-hybridized carbons (Fsp3) is 0.294. The second-order valence-electron chi connectivity index (χ2n) is 5.32. The van der Waals surface area contributed by atoms with Gasteiger partial charge in [0.25, 0.3) is 0 Å². The first kappa shape index (κ1) is 12.2. The van der Waals surface area contributed by atoms with Gasteiger partial charge in [0.1, 0.15) is 11.9 Å². The summed E-state index contributed by atoms with van der Waals surface area (Å²) in [6, 6.07) is 16.8. The molecule has 98 valence electrons. The van der Waals surface area contributed by atoms with Crippen LogP contribution < -0.4 is 10.5 Å². The molecule has 0 radical (unpaired) electrons. The van der Waals surface area contributed by atoms with Gasteiger partial charge in [-0.2, -0.15) is 0 Å². The van der Waals surface area contributed by atoms with Gasteiger partial charge in [-0.3, -0.25) is 0 Å². The molecular weight excluding hydrogens is 234 g/mol. The Hall–Kier alpha value is -1.80. The Balaban J connectivity index is 1.66. The standard InChI is InChI=1S/C17H19NO/c1-12-6-8-13(9-7-12)10-15(18)17-11-14-4-2-3-5-16(14)19-17/h2-9,15,17H,10-11,18H2,1H3. The maximum atomic E-state index is 6.30. The highest BCUT2D eigenvalue weighted by Crippen LogP contribution is 2.29. The summed E-state index contributed by atoms with van der Waals surface area (Å²) in [7, 11) is 0. The number of nitrogens with two attached hydrogens (primary N) is 1. The van der Waals surface area contributed by atoms with Gasteiger partial charge in [-0.25, -0.2) is 0 Å². The number of benzene rings is 2. The van der Waals surface area contributed by atoms with Gasteiger partial charge < -0.3 is 10.5 Å². The Morgan fingerprint density at radius 3 is 2.63 bits per heavy atom. The number of fused-ring (bicyclic) bond motifs is 1. The van der Waals surface area contributed by atoms with E-state index in [0.29, 0.717) is 0 Å². The van der Waals surface area contributed by atoms with Crippen LogP contribution in [0.5, 0.6) is 5.75 Å². The molecule has 0 saturated carbocycles. The molecule has 2 heteroatoms. The van der Waals surface area contributed by atoms with Crippen molar-refractivity contribution < 1.29 is 4.74 Å². The van der Waals surface area contributed by atoms with Crippen LogP contribution in [0.15, 0.2) is 48.5 Å². The van der Waals surface area contributed by atoms with E-state index in [1.807, 2.05) is 12.1 Å². The normalized spacial score (nSPS) is 18.7. The van der Waals surface area contributed by atoms with Crippen LogP contribution in [0.25, 0.3) is 0 Å². The van der Waals surface area contributed by atoms with Crippen molar-refractivity contribution in [3.63, 3.8) is 0 Å². The highest BCUT2D eigenvalue weighted by Gasteiger charge is 2.27. The van der Waals surface area contributed by atoms with Gasteiger partial charge in [0, 0.05) is 12.5 Å². The van der Waals surface area contributed by atoms with Crippen LogP contribution in [0.1, 0.15) is 16.7 Å². The summed E-state index contributed by atoms with van der Waals surface area (Å²) < 4.78 is 5.94. The summed E-state index contributed by atoms with van der Waals surface area (Å²) in [5.74, 6) is 0.992. The molecule has 1 aliphatic rings. The number of rotatable bonds is 3. The summed E-state index contributed by atoms with van der Waals surface area (Å²) in [6.45, 7) is 2.10. The molecule has 2 aromatic rings. The molecule has 19 heavy (non-hydrogen) atoms. The number of aryl methyl sites for hydroxylation is 1. The van der Waals surface area contributed by atoms with E-state index in [1.54, 1.807) is 0 Å². The molecule has 0 saturated heterocycles. The first-order valence-corrected chi connectivity index (χ1v) is 6.78. The molecule has 1 aliphatic heterocycles. The van der Waals surface area contributed by atoms with Crippen molar-refractivity contribution in [1.29, 1.82) is 0 Å². The van der Waals surface area contributed by atoms with Gasteiger partial charge in [-0.1, -0.05) is 48.0 Å². The summed E-state index contributed by atoms with van der Waals surface area (Å²) in [5, 5.41) is 0. The van der Waals surface area contributed by atoms with E-state index in [1.165, 1.54) is 16.7 Å². The van der Waals surface area contributed by atoms with Crippen LogP contribution in [-0.4, -0.2) is 12.1 Å². The summed E-state index contributed by atoms with van der Waals surface area (Å²) >= 11 is 0. The maximum absolute atomic E-state index is 6.30. The van der Waals surface area contributed by atoms with Crippen LogP contribution in [0.3, 0.4) is 0 Å². The number of ether oxygens (including phenoxy) is 1. The first-order valence-electron chi connectivity index (χ1n) is 6.78. The number of hydrogen-bond acceptors (Lipinski definition) is 2. The minimum atomic E-state index is 0.0371. The zero-order valence-electron chi connectivity index (χ0n) is 11.2. The monoisotopic (exact) mass is 253 g/mol. The van der Waals surface area contributed by atoms with Crippen molar-refractivity contribution in [1.82, 2.24) is 0 Å². The molecule has 3 rings (SSSR count). The van der Waals surface area contributed by atoms with Gasteiger partial charge >= 0.3 is 0 Å². The maximum Gasteiger partial charge on any atom is 0.123 e. The second-order valence-corrected chi connectivity index (χ2v) is 5.32. The van der Waals surface area contributed by atoms with E-state index in [0.717, 1.165) is 18.6 Å². The van der Waals surface area contributed by atoms with Crippen LogP contribution in [0, 0.1) is 6.92 Å². The highest BCUT2D eigenvalue weighted by molar-refractivity contribution is 5.37. The van der Waals surface area contributed by atoms with Crippen molar-refractivity contribution in [2.45, 2.75) is 31.9 Å². The summed E-state index contributed by atoms with van der Waals surface area (Å²) in [4.78, 5) is 0. The Bertz CT molecular complexity index is 537. The van der Waals surface area contributed by atoms with E-state index in [2.05, 4.69) is 43.3 Å². The average molecular weight is 253 g/mol. The molecule has 0 bridgehead atoms. The quantitative estimate of drug-likeness (QED) is 0.913. The van der Waals surface area contributed by atoms with E-state index in [-0.39, 0.29) is 12.1 Å². The molecule has 2 unspecified atom stereocenters. The lowest BCUT2D eigenvalue weighted by Gasteiger charge is -2.19. The topological polar surface area (TPSA) is 35.2 Å². The Morgan fingerprint density at radius 1 is 1.16 bits per heavy atom. The second kappa shape index (κ2) is 5.06. The predicted octanol–water partition coefficient (Wildman–Crippen LogP) is 2.87. The van der Waals surface area contributed by atoms with Gasteiger partial charge in [0.05, 0.1) is 0 Å². The van der Waals surface area contributed by atoms with Gasteiger partial charge in [-0.05, 0) is 30.5 Å². The molecule has 0 aromatic heterocycles. The highest BCUT2D eigenvalue weighted by atomic mass is 16.5. The smallest absolute Gasteiger partial charge is 0.123 e. The van der Waals surface area contributed by atoms with Crippen molar-refractivity contribution in [3.05, 3.63) is 65.2 Å². The molecule has 2 aromatic carbocycles. The minimum absolute atomic E-state index is 0.0371. The third-order valence-corrected chi connectivity index (χ3v) is 3.74. The number of para-hydroxylation sites is 1. The molecule has 1 heterocycles. The Labute approximate surface area is 114 Å². The molecule has 2 nitrogen and oxygen atoms in total.